The molecule has 0 fully saturated rings. The second kappa shape index (κ2) is 8.12. The topological polar surface area (TPSA) is 30.7 Å². The lowest BCUT2D eigenvalue weighted by molar-refractivity contribution is 0.661. The van der Waals surface area contributed by atoms with Crippen LogP contribution < -0.4 is 0 Å². The third-order valence-electron chi connectivity index (χ3n) is 8.85. The Morgan fingerprint density at radius 3 is 2.22 bits per heavy atom. The van der Waals surface area contributed by atoms with Gasteiger partial charge in [0.25, 0.3) is 0 Å². The van der Waals surface area contributed by atoms with E-state index in [0.717, 1.165) is 32.5 Å². The number of hydrogen-bond acceptors (Lipinski definition) is 3. The zero-order valence-corrected chi connectivity index (χ0v) is 23.5. The minimum Gasteiger partial charge on any atom is -0.278 e. The largest absolute Gasteiger partial charge is 0.278 e. The highest BCUT2D eigenvalue weighted by Crippen LogP contribution is 2.51. The molecule has 8 aromatic rings. The van der Waals surface area contributed by atoms with Gasteiger partial charge in [-0.3, -0.25) is 4.57 Å². The molecule has 0 aliphatic heterocycles. The minimum absolute atomic E-state index is 0.0592. The van der Waals surface area contributed by atoms with Gasteiger partial charge in [-0.2, -0.15) is 0 Å². The first-order chi connectivity index (χ1) is 20.1. The summed E-state index contributed by atoms with van der Waals surface area (Å²) in [7, 11) is 0. The first kappa shape index (κ1) is 23.0. The first-order valence-electron chi connectivity index (χ1n) is 14.0. The van der Waals surface area contributed by atoms with Gasteiger partial charge >= 0.3 is 0 Å². The Morgan fingerprint density at radius 2 is 1.34 bits per heavy atom. The average molecular weight is 544 g/mol. The molecule has 0 radical (unpaired) electrons. The molecule has 41 heavy (non-hydrogen) atoms. The zero-order chi connectivity index (χ0) is 27.3. The second-order valence-corrected chi connectivity index (χ2v) is 12.5. The molecule has 0 saturated carbocycles. The van der Waals surface area contributed by atoms with Gasteiger partial charge in [0.15, 0.2) is 0 Å². The summed E-state index contributed by atoms with van der Waals surface area (Å²) in [6.45, 7) is 4.68. The molecule has 0 amide bonds. The van der Waals surface area contributed by atoms with E-state index in [4.69, 9.17) is 9.97 Å². The lowest BCUT2D eigenvalue weighted by Gasteiger charge is -2.21. The van der Waals surface area contributed by atoms with Gasteiger partial charge in [0.05, 0.1) is 16.7 Å². The van der Waals surface area contributed by atoms with Crippen LogP contribution in [0.2, 0.25) is 0 Å². The SMILES string of the molecule is CC1(C)c2ccccc2-c2cc3c(cc21)c1ccccc1n3-c1nc(-c2ccccc2)c2c(n1)sc1ccccc12. The lowest BCUT2D eigenvalue weighted by Crippen LogP contribution is -2.14. The number of hydrogen-bond donors (Lipinski definition) is 0. The number of rotatable bonds is 2. The smallest absolute Gasteiger partial charge is 0.236 e. The van der Waals surface area contributed by atoms with Gasteiger partial charge in [0.2, 0.25) is 5.95 Å². The van der Waals surface area contributed by atoms with E-state index in [9.17, 15) is 0 Å². The highest BCUT2D eigenvalue weighted by Gasteiger charge is 2.36. The first-order valence-corrected chi connectivity index (χ1v) is 14.8. The van der Waals surface area contributed by atoms with E-state index in [1.54, 1.807) is 11.3 Å². The summed E-state index contributed by atoms with van der Waals surface area (Å²) < 4.78 is 3.50. The average Bonchev–Trinajstić information content (AvgIpc) is 3.62. The van der Waals surface area contributed by atoms with E-state index in [1.807, 2.05) is 0 Å². The number of para-hydroxylation sites is 1. The van der Waals surface area contributed by atoms with Gasteiger partial charge in [0, 0.05) is 37.2 Å². The second-order valence-electron chi connectivity index (χ2n) is 11.5. The predicted octanol–water partition coefficient (Wildman–Crippen LogP) is 9.91. The standard InChI is InChI=1S/C37H25N3S/c1-37(2)28-17-9-6-14-23(28)26-21-31-27(20-29(26)37)24-15-7-10-18-30(24)40(31)36-38-34(22-12-4-3-5-13-22)33-25-16-8-11-19-32(25)41-35(33)39-36/h3-21H,1-2H3. The van der Waals surface area contributed by atoms with E-state index in [2.05, 4.69) is 134 Å². The molecule has 9 rings (SSSR count). The van der Waals surface area contributed by atoms with Crippen LogP contribution in [-0.2, 0) is 5.41 Å². The van der Waals surface area contributed by atoms with E-state index in [-0.39, 0.29) is 5.41 Å². The molecule has 0 N–H and O–H groups in total. The molecule has 1 aliphatic carbocycles. The molecular formula is C37H25N3S. The van der Waals surface area contributed by atoms with E-state index >= 15 is 0 Å². The molecule has 0 spiro atoms. The van der Waals surface area contributed by atoms with Gasteiger partial charge < -0.3 is 0 Å². The van der Waals surface area contributed by atoms with Crippen molar-refractivity contribution >= 4 is 53.4 Å². The van der Waals surface area contributed by atoms with Crippen molar-refractivity contribution in [1.82, 2.24) is 14.5 Å². The van der Waals surface area contributed by atoms with Crippen LogP contribution in [0, 0.1) is 0 Å². The van der Waals surface area contributed by atoms with Crippen LogP contribution in [0.5, 0.6) is 0 Å². The molecule has 1 aliphatic rings. The Labute approximate surface area is 241 Å². The molecule has 0 atom stereocenters. The van der Waals surface area contributed by atoms with Crippen LogP contribution in [0.1, 0.15) is 25.0 Å². The van der Waals surface area contributed by atoms with Crippen LogP contribution in [0.4, 0.5) is 0 Å². The van der Waals surface area contributed by atoms with Crippen LogP contribution in [0.15, 0.2) is 115 Å². The summed E-state index contributed by atoms with van der Waals surface area (Å²) >= 11 is 1.74. The van der Waals surface area contributed by atoms with Crippen molar-refractivity contribution < 1.29 is 0 Å². The highest BCUT2D eigenvalue weighted by molar-refractivity contribution is 7.25. The summed E-state index contributed by atoms with van der Waals surface area (Å²) in [6, 6.07) is 41.4. The summed E-state index contributed by atoms with van der Waals surface area (Å²) in [6.07, 6.45) is 0. The number of nitrogens with zero attached hydrogens (tertiary/aromatic N) is 3. The highest BCUT2D eigenvalue weighted by atomic mass is 32.1. The van der Waals surface area contributed by atoms with Crippen LogP contribution in [0.25, 0.3) is 70.4 Å². The molecule has 3 nitrogen and oxygen atoms in total. The van der Waals surface area contributed by atoms with Crippen molar-refractivity contribution in [3.8, 4) is 28.3 Å². The van der Waals surface area contributed by atoms with E-state index in [0.29, 0.717) is 5.95 Å². The number of benzene rings is 5. The fraction of sp³-hybridized carbons (Fsp3) is 0.0811. The fourth-order valence-corrected chi connectivity index (χ4v) is 7.97. The van der Waals surface area contributed by atoms with Gasteiger partial charge in [-0.15, -0.1) is 11.3 Å². The molecule has 4 heteroatoms. The maximum atomic E-state index is 5.36. The molecule has 5 aromatic carbocycles. The summed E-state index contributed by atoms with van der Waals surface area (Å²) in [5, 5.41) is 4.79. The van der Waals surface area contributed by atoms with Crippen LogP contribution in [0.3, 0.4) is 0 Å². The van der Waals surface area contributed by atoms with Crippen LogP contribution in [-0.4, -0.2) is 14.5 Å². The molecule has 3 aromatic heterocycles. The van der Waals surface area contributed by atoms with Gasteiger partial charge in [-0.1, -0.05) is 105 Å². The maximum absolute atomic E-state index is 5.36. The molecule has 3 heterocycles. The Morgan fingerprint density at radius 1 is 0.610 bits per heavy atom. The van der Waals surface area contributed by atoms with Crippen molar-refractivity contribution in [2.24, 2.45) is 0 Å². The Hall–Kier alpha value is -4.80. The summed E-state index contributed by atoms with van der Waals surface area (Å²) in [4.78, 5) is 11.6. The van der Waals surface area contributed by atoms with Crippen molar-refractivity contribution in [2.75, 3.05) is 0 Å². The normalized spacial score (nSPS) is 13.8. The van der Waals surface area contributed by atoms with Gasteiger partial charge in [0.1, 0.15) is 4.83 Å². The van der Waals surface area contributed by atoms with Crippen LogP contribution >= 0.6 is 11.3 Å². The van der Waals surface area contributed by atoms with Gasteiger partial charge in [-0.05, 0) is 46.5 Å². The number of fused-ring (bicyclic) bond motifs is 9. The van der Waals surface area contributed by atoms with Gasteiger partial charge in [-0.25, -0.2) is 9.97 Å². The molecule has 0 unspecified atom stereocenters. The van der Waals surface area contributed by atoms with Crippen molar-refractivity contribution in [1.29, 1.82) is 0 Å². The Kier molecular flexibility index (Phi) is 4.55. The minimum atomic E-state index is -0.0592. The van der Waals surface area contributed by atoms with Crippen molar-refractivity contribution in [3.63, 3.8) is 0 Å². The Bertz CT molecular complexity index is 2340. The van der Waals surface area contributed by atoms with Crippen molar-refractivity contribution in [2.45, 2.75) is 19.3 Å². The van der Waals surface area contributed by atoms with Crippen molar-refractivity contribution in [3.05, 3.63) is 126 Å². The monoisotopic (exact) mass is 543 g/mol. The summed E-state index contributed by atoms with van der Waals surface area (Å²) in [5.74, 6) is 0.708. The molecule has 0 bridgehead atoms. The molecular weight excluding hydrogens is 518 g/mol. The third-order valence-corrected chi connectivity index (χ3v) is 9.91. The fourth-order valence-electron chi connectivity index (χ4n) is 6.90. The zero-order valence-electron chi connectivity index (χ0n) is 22.7. The third kappa shape index (κ3) is 3.08. The quantitative estimate of drug-likeness (QED) is 0.217. The van der Waals surface area contributed by atoms with E-state index in [1.165, 1.54) is 43.1 Å². The maximum Gasteiger partial charge on any atom is 0.236 e. The summed E-state index contributed by atoms with van der Waals surface area (Å²) in [5.41, 5.74) is 9.64. The number of thiophene rings is 1. The predicted molar refractivity (Wildman–Crippen MR) is 172 cm³/mol. The van der Waals surface area contributed by atoms with E-state index < -0.39 is 0 Å². The molecule has 194 valence electrons. The number of aromatic nitrogens is 3. The lowest BCUT2D eigenvalue weighted by atomic mass is 9.82. The molecule has 0 saturated heterocycles. The Balaban J connectivity index is 1.42.